The summed E-state index contributed by atoms with van der Waals surface area (Å²) in [5, 5.41) is 12.9. The highest BCUT2D eigenvalue weighted by Crippen LogP contribution is 2.48. The Bertz CT molecular complexity index is 669. The number of rotatable bonds is 5. The van der Waals surface area contributed by atoms with Crippen molar-refractivity contribution in [2.75, 3.05) is 5.32 Å². The van der Waals surface area contributed by atoms with Crippen LogP contribution in [0.25, 0.3) is 0 Å². The number of aliphatic hydroxyl groups is 1. The molecule has 8 heteroatoms. The van der Waals surface area contributed by atoms with Crippen molar-refractivity contribution < 1.29 is 27.8 Å². The Morgan fingerprint density at radius 3 is 2.42 bits per heavy atom. The van der Waals surface area contributed by atoms with Crippen LogP contribution < -0.4 is 5.32 Å². The van der Waals surface area contributed by atoms with Crippen molar-refractivity contribution >= 4 is 23.4 Å². The minimum atomic E-state index is -4.92. The second-order valence-corrected chi connectivity index (χ2v) is 8.09. The summed E-state index contributed by atoms with van der Waals surface area (Å²) in [5.74, 6) is 0.199. The Labute approximate surface area is 155 Å². The molecule has 1 aliphatic rings. The van der Waals surface area contributed by atoms with Gasteiger partial charge in [0.05, 0.1) is 5.69 Å². The summed E-state index contributed by atoms with van der Waals surface area (Å²) >= 11 is 5.87. The standard InChI is InChI=1S/C18H23ClF3NO3/c1-16(2,3)26-15(24)23-14-7-6-12(19)10-13(14)17(25,18(20,21)22)9-8-11-4-5-11/h6-7,10-11,25H,4-5,8-9H2,1-3H3,(H,23,24)/t17-/m0/s1. The Hall–Kier alpha value is -1.47. The maximum atomic E-state index is 13.7. The van der Waals surface area contributed by atoms with Crippen LogP contribution in [0.1, 0.15) is 52.0 Å². The summed E-state index contributed by atoms with van der Waals surface area (Å²) in [6.07, 6.45) is -4.35. The highest BCUT2D eigenvalue weighted by atomic mass is 35.5. The first-order valence-corrected chi connectivity index (χ1v) is 8.79. The number of ether oxygens (including phenoxy) is 1. The van der Waals surface area contributed by atoms with Crippen LogP contribution in [-0.4, -0.2) is 23.0 Å². The zero-order chi connectivity index (χ0) is 19.8. The van der Waals surface area contributed by atoms with E-state index in [1.165, 1.54) is 12.1 Å². The second-order valence-electron chi connectivity index (χ2n) is 7.66. The summed E-state index contributed by atoms with van der Waals surface area (Å²) < 4.78 is 46.3. The normalized spacial score (nSPS) is 17.5. The van der Waals surface area contributed by atoms with E-state index in [0.29, 0.717) is 0 Å². The van der Waals surface area contributed by atoms with Crippen molar-refractivity contribution in [3.63, 3.8) is 0 Å². The molecule has 1 fully saturated rings. The molecule has 4 nitrogen and oxygen atoms in total. The van der Waals surface area contributed by atoms with E-state index in [9.17, 15) is 23.1 Å². The molecule has 0 heterocycles. The van der Waals surface area contributed by atoms with Crippen molar-refractivity contribution in [3.05, 3.63) is 28.8 Å². The average Bonchev–Trinajstić information content (AvgIpc) is 3.27. The molecule has 0 aromatic heterocycles. The fourth-order valence-electron chi connectivity index (χ4n) is 2.63. The quantitative estimate of drug-likeness (QED) is 0.681. The lowest BCUT2D eigenvalue weighted by Gasteiger charge is -2.33. The number of hydrogen-bond donors (Lipinski definition) is 2. The number of alkyl halides is 3. The molecule has 26 heavy (non-hydrogen) atoms. The third-order valence-corrected chi connectivity index (χ3v) is 4.38. The van der Waals surface area contributed by atoms with Gasteiger partial charge in [0.15, 0.2) is 5.60 Å². The van der Waals surface area contributed by atoms with Crippen molar-refractivity contribution in [1.29, 1.82) is 0 Å². The minimum Gasteiger partial charge on any atom is -0.444 e. The monoisotopic (exact) mass is 393 g/mol. The van der Waals surface area contributed by atoms with Crippen molar-refractivity contribution in [2.45, 2.75) is 63.8 Å². The fraction of sp³-hybridized carbons (Fsp3) is 0.611. The summed E-state index contributed by atoms with van der Waals surface area (Å²) in [7, 11) is 0. The molecule has 0 radical (unpaired) electrons. The maximum Gasteiger partial charge on any atom is 0.421 e. The number of carbonyl (C=O) groups excluding carboxylic acids is 1. The zero-order valence-electron chi connectivity index (χ0n) is 14.9. The van der Waals surface area contributed by atoms with Crippen LogP contribution in [0.5, 0.6) is 0 Å². The largest absolute Gasteiger partial charge is 0.444 e. The Morgan fingerprint density at radius 1 is 1.31 bits per heavy atom. The molecular formula is C18H23ClF3NO3. The van der Waals surface area contributed by atoms with Gasteiger partial charge in [0.25, 0.3) is 0 Å². The van der Waals surface area contributed by atoms with Crippen molar-refractivity contribution in [1.82, 2.24) is 0 Å². The third-order valence-electron chi connectivity index (χ3n) is 4.14. The van der Waals surface area contributed by atoms with Gasteiger partial charge in [-0.25, -0.2) is 4.79 Å². The Balaban J connectivity index is 2.37. The number of hydrogen-bond acceptors (Lipinski definition) is 3. The van der Waals surface area contributed by atoms with E-state index in [4.69, 9.17) is 16.3 Å². The van der Waals surface area contributed by atoms with Gasteiger partial charge in [0.2, 0.25) is 0 Å². The predicted octanol–water partition coefficient (Wildman–Crippen LogP) is 5.63. The van der Waals surface area contributed by atoms with E-state index in [1.54, 1.807) is 20.8 Å². The first-order valence-electron chi connectivity index (χ1n) is 8.41. The van der Waals surface area contributed by atoms with E-state index < -0.39 is 35.5 Å². The number of benzene rings is 1. The molecule has 0 spiro atoms. The third kappa shape index (κ3) is 5.27. The molecule has 1 aromatic rings. The lowest BCUT2D eigenvalue weighted by atomic mass is 9.86. The lowest BCUT2D eigenvalue weighted by molar-refractivity contribution is -0.269. The molecular weight excluding hydrogens is 371 g/mol. The summed E-state index contributed by atoms with van der Waals surface area (Å²) in [5.41, 5.74) is -4.59. The zero-order valence-corrected chi connectivity index (χ0v) is 15.7. The van der Waals surface area contributed by atoms with Crippen LogP contribution in [0.3, 0.4) is 0 Å². The van der Waals surface area contributed by atoms with Crippen molar-refractivity contribution in [2.24, 2.45) is 5.92 Å². The molecule has 146 valence electrons. The van der Waals surface area contributed by atoms with Crippen LogP contribution in [-0.2, 0) is 10.3 Å². The molecule has 0 aliphatic heterocycles. The topological polar surface area (TPSA) is 58.6 Å². The van der Waals surface area contributed by atoms with Crippen LogP contribution in [0.4, 0.5) is 23.7 Å². The van der Waals surface area contributed by atoms with Gasteiger partial charge in [0, 0.05) is 10.6 Å². The van der Waals surface area contributed by atoms with Crippen LogP contribution in [0, 0.1) is 5.92 Å². The van der Waals surface area contributed by atoms with Gasteiger partial charge in [-0.05, 0) is 57.7 Å². The van der Waals surface area contributed by atoms with E-state index in [1.807, 2.05) is 0 Å². The number of amides is 1. The fourth-order valence-corrected chi connectivity index (χ4v) is 2.80. The Morgan fingerprint density at radius 2 is 1.92 bits per heavy atom. The molecule has 2 rings (SSSR count). The maximum absolute atomic E-state index is 13.7. The first-order chi connectivity index (χ1) is 11.8. The first kappa shape index (κ1) is 20.8. The molecule has 2 N–H and O–H groups in total. The van der Waals surface area contributed by atoms with Crippen molar-refractivity contribution in [3.8, 4) is 0 Å². The van der Waals surface area contributed by atoms with E-state index in [0.717, 1.165) is 18.9 Å². The van der Waals surface area contributed by atoms with E-state index in [2.05, 4.69) is 5.32 Å². The highest BCUT2D eigenvalue weighted by molar-refractivity contribution is 6.30. The van der Waals surface area contributed by atoms with E-state index >= 15 is 0 Å². The molecule has 0 bridgehead atoms. The SMILES string of the molecule is CC(C)(C)OC(=O)Nc1ccc(Cl)cc1[C@@](O)(CCC1CC1)C(F)(F)F. The van der Waals surface area contributed by atoms with Gasteiger partial charge >= 0.3 is 12.3 Å². The molecule has 0 unspecified atom stereocenters. The molecule has 1 saturated carbocycles. The molecule has 1 aromatic carbocycles. The van der Waals surface area contributed by atoms with Gasteiger partial charge in [-0.3, -0.25) is 5.32 Å². The number of nitrogens with one attached hydrogen (secondary N) is 1. The smallest absolute Gasteiger partial charge is 0.421 e. The number of halogens is 4. The van der Waals surface area contributed by atoms with Crippen LogP contribution in [0.15, 0.2) is 18.2 Å². The number of anilines is 1. The van der Waals surface area contributed by atoms with Crippen LogP contribution >= 0.6 is 11.6 Å². The summed E-state index contributed by atoms with van der Waals surface area (Å²) in [6.45, 7) is 4.91. The number of carbonyl (C=O) groups is 1. The molecule has 1 amide bonds. The van der Waals surface area contributed by atoms with E-state index in [-0.39, 0.29) is 23.0 Å². The van der Waals surface area contributed by atoms with Gasteiger partial charge in [-0.1, -0.05) is 24.4 Å². The Kier molecular flexibility index (Phi) is 5.83. The van der Waals surface area contributed by atoms with Crippen LogP contribution in [0.2, 0.25) is 5.02 Å². The average molecular weight is 394 g/mol. The van der Waals surface area contributed by atoms with Gasteiger partial charge in [-0.2, -0.15) is 13.2 Å². The van der Waals surface area contributed by atoms with Gasteiger partial charge in [-0.15, -0.1) is 0 Å². The molecule has 1 atom stereocenters. The predicted molar refractivity (Wildman–Crippen MR) is 93.2 cm³/mol. The molecule has 0 saturated heterocycles. The highest BCUT2D eigenvalue weighted by Gasteiger charge is 2.56. The summed E-state index contributed by atoms with van der Waals surface area (Å²) in [4.78, 5) is 12.0. The van der Waals surface area contributed by atoms with Gasteiger partial charge in [0.1, 0.15) is 5.60 Å². The molecule has 1 aliphatic carbocycles. The van der Waals surface area contributed by atoms with Gasteiger partial charge < -0.3 is 9.84 Å². The lowest BCUT2D eigenvalue weighted by Crippen LogP contribution is -2.43. The summed E-state index contributed by atoms with van der Waals surface area (Å²) in [6, 6.07) is 3.61. The second kappa shape index (κ2) is 7.27. The minimum absolute atomic E-state index is 0.0313.